The summed E-state index contributed by atoms with van der Waals surface area (Å²) < 4.78 is 0. The van der Waals surface area contributed by atoms with Gasteiger partial charge in [-0.3, -0.25) is 9.59 Å². The van der Waals surface area contributed by atoms with E-state index in [9.17, 15) is 9.59 Å². The van der Waals surface area contributed by atoms with Crippen LogP contribution in [0, 0.1) is 17.3 Å². The minimum atomic E-state index is -0.911. The third-order valence-corrected chi connectivity index (χ3v) is 3.95. The fraction of sp³-hybridized carbons (Fsp3) is 0.857. The van der Waals surface area contributed by atoms with Crippen LogP contribution in [0.15, 0.2) is 0 Å². The summed E-state index contributed by atoms with van der Waals surface area (Å²) in [4.78, 5) is 22.8. The Bertz CT molecular complexity index is 323. The molecule has 0 bridgehead atoms. The van der Waals surface area contributed by atoms with Gasteiger partial charge in [0.15, 0.2) is 0 Å². The van der Waals surface area contributed by atoms with E-state index in [1.165, 1.54) is 12.8 Å². The lowest BCUT2D eigenvalue weighted by atomic mass is 9.85. The molecule has 1 amide bonds. The van der Waals surface area contributed by atoms with E-state index in [1.807, 2.05) is 0 Å². The van der Waals surface area contributed by atoms with Gasteiger partial charge in [0, 0.05) is 13.0 Å². The van der Waals surface area contributed by atoms with E-state index in [1.54, 1.807) is 13.8 Å². The van der Waals surface area contributed by atoms with E-state index in [0.717, 1.165) is 13.1 Å². The number of piperidine rings is 1. The van der Waals surface area contributed by atoms with E-state index in [2.05, 4.69) is 17.6 Å². The van der Waals surface area contributed by atoms with Crippen molar-refractivity contribution in [3.05, 3.63) is 0 Å². The number of hydrogen-bond acceptors (Lipinski definition) is 3. The SMILES string of the molecule is CC(CC(=O)NCC(C)(C)C(=O)O)C1CCCNC1. The maximum atomic E-state index is 11.8. The highest BCUT2D eigenvalue weighted by Crippen LogP contribution is 2.22. The van der Waals surface area contributed by atoms with Crippen molar-refractivity contribution in [1.82, 2.24) is 10.6 Å². The second-order valence-corrected chi connectivity index (χ2v) is 6.25. The van der Waals surface area contributed by atoms with Crippen molar-refractivity contribution in [2.75, 3.05) is 19.6 Å². The Labute approximate surface area is 115 Å². The van der Waals surface area contributed by atoms with Crippen LogP contribution in [0.1, 0.15) is 40.0 Å². The molecule has 2 atom stereocenters. The largest absolute Gasteiger partial charge is 0.481 e. The molecule has 19 heavy (non-hydrogen) atoms. The molecule has 0 aromatic carbocycles. The van der Waals surface area contributed by atoms with Gasteiger partial charge in [0.05, 0.1) is 5.41 Å². The van der Waals surface area contributed by atoms with Crippen molar-refractivity contribution >= 4 is 11.9 Å². The Balaban J connectivity index is 2.32. The third kappa shape index (κ3) is 5.19. The predicted molar refractivity (Wildman–Crippen MR) is 73.8 cm³/mol. The average molecular weight is 270 g/mol. The standard InChI is InChI=1S/C14H26N2O3/c1-10(11-5-4-6-15-8-11)7-12(17)16-9-14(2,3)13(18)19/h10-11,15H,4-9H2,1-3H3,(H,16,17)(H,18,19). The first-order valence-electron chi connectivity index (χ1n) is 7.04. The first kappa shape index (κ1) is 16.0. The van der Waals surface area contributed by atoms with Crippen LogP contribution >= 0.6 is 0 Å². The summed E-state index contributed by atoms with van der Waals surface area (Å²) in [5.41, 5.74) is -0.911. The first-order chi connectivity index (χ1) is 8.83. The van der Waals surface area contributed by atoms with Crippen LogP contribution in [0.3, 0.4) is 0 Å². The molecule has 0 aromatic heterocycles. The monoisotopic (exact) mass is 270 g/mol. The van der Waals surface area contributed by atoms with Gasteiger partial charge in [-0.2, -0.15) is 0 Å². The molecule has 0 radical (unpaired) electrons. The Morgan fingerprint density at radius 1 is 1.47 bits per heavy atom. The van der Waals surface area contributed by atoms with Crippen molar-refractivity contribution in [2.45, 2.75) is 40.0 Å². The number of amides is 1. The second kappa shape index (κ2) is 6.89. The van der Waals surface area contributed by atoms with Crippen LogP contribution in [0.4, 0.5) is 0 Å². The molecule has 1 saturated heterocycles. The smallest absolute Gasteiger partial charge is 0.310 e. The number of carboxylic acid groups (broad SMARTS) is 1. The summed E-state index contributed by atoms with van der Waals surface area (Å²) in [6.45, 7) is 7.56. The number of carbonyl (C=O) groups excluding carboxylic acids is 1. The highest BCUT2D eigenvalue weighted by molar-refractivity contribution is 5.78. The molecule has 0 spiro atoms. The number of rotatable bonds is 6. The van der Waals surface area contributed by atoms with Gasteiger partial charge < -0.3 is 15.7 Å². The van der Waals surface area contributed by atoms with Gasteiger partial charge in [0.2, 0.25) is 5.91 Å². The van der Waals surface area contributed by atoms with Gasteiger partial charge in [-0.15, -0.1) is 0 Å². The predicted octanol–water partition coefficient (Wildman–Crippen LogP) is 1.24. The van der Waals surface area contributed by atoms with Crippen molar-refractivity contribution in [2.24, 2.45) is 17.3 Å². The van der Waals surface area contributed by atoms with E-state index in [-0.39, 0.29) is 12.5 Å². The van der Waals surface area contributed by atoms with Crippen molar-refractivity contribution in [1.29, 1.82) is 0 Å². The van der Waals surface area contributed by atoms with E-state index >= 15 is 0 Å². The van der Waals surface area contributed by atoms with Crippen LogP contribution < -0.4 is 10.6 Å². The maximum absolute atomic E-state index is 11.8. The Kier molecular flexibility index (Phi) is 5.79. The molecule has 1 aliphatic rings. The Morgan fingerprint density at radius 2 is 2.16 bits per heavy atom. The molecule has 0 aromatic rings. The topological polar surface area (TPSA) is 78.4 Å². The highest BCUT2D eigenvalue weighted by atomic mass is 16.4. The number of nitrogens with one attached hydrogen (secondary N) is 2. The Morgan fingerprint density at radius 3 is 2.68 bits per heavy atom. The molecule has 2 unspecified atom stereocenters. The summed E-state index contributed by atoms with van der Waals surface area (Å²) in [5.74, 6) is -0.0579. The molecule has 0 aliphatic carbocycles. The molecule has 110 valence electrons. The van der Waals surface area contributed by atoms with E-state index in [0.29, 0.717) is 18.3 Å². The van der Waals surface area contributed by atoms with Crippen molar-refractivity contribution in [3.63, 3.8) is 0 Å². The number of hydrogen-bond donors (Lipinski definition) is 3. The van der Waals surface area contributed by atoms with Crippen LogP contribution in [-0.2, 0) is 9.59 Å². The first-order valence-corrected chi connectivity index (χ1v) is 7.04. The minimum absolute atomic E-state index is 0.0487. The molecule has 1 heterocycles. The fourth-order valence-electron chi connectivity index (χ4n) is 2.29. The molecular formula is C14H26N2O3. The summed E-state index contributed by atoms with van der Waals surface area (Å²) in [7, 11) is 0. The van der Waals surface area contributed by atoms with Gasteiger partial charge in [-0.25, -0.2) is 0 Å². The minimum Gasteiger partial charge on any atom is -0.481 e. The van der Waals surface area contributed by atoms with Crippen LogP contribution in [0.5, 0.6) is 0 Å². The zero-order valence-electron chi connectivity index (χ0n) is 12.2. The van der Waals surface area contributed by atoms with Crippen LogP contribution in [0.2, 0.25) is 0 Å². The van der Waals surface area contributed by atoms with E-state index in [4.69, 9.17) is 5.11 Å². The summed E-state index contributed by atoms with van der Waals surface area (Å²) >= 11 is 0. The van der Waals surface area contributed by atoms with Gasteiger partial charge in [-0.1, -0.05) is 6.92 Å². The quantitative estimate of drug-likeness (QED) is 0.678. The van der Waals surface area contributed by atoms with Crippen molar-refractivity contribution in [3.8, 4) is 0 Å². The molecule has 5 heteroatoms. The second-order valence-electron chi connectivity index (χ2n) is 6.25. The normalized spacial score (nSPS) is 21.7. The molecule has 1 rings (SSSR count). The van der Waals surface area contributed by atoms with E-state index < -0.39 is 11.4 Å². The zero-order valence-corrected chi connectivity index (χ0v) is 12.2. The van der Waals surface area contributed by atoms with Gasteiger partial charge in [-0.05, 0) is 51.6 Å². The average Bonchev–Trinajstić information content (AvgIpc) is 2.37. The summed E-state index contributed by atoms with van der Waals surface area (Å²) in [6, 6.07) is 0. The molecule has 0 saturated carbocycles. The molecule has 1 aliphatic heterocycles. The van der Waals surface area contributed by atoms with Crippen LogP contribution in [0.25, 0.3) is 0 Å². The van der Waals surface area contributed by atoms with Crippen molar-refractivity contribution < 1.29 is 14.7 Å². The molecule has 1 fully saturated rings. The maximum Gasteiger partial charge on any atom is 0.310 e. The molecule has 3 N–H and O–H groups in total. The lowest BCUT2D eigenvalue weighted by Crippen LogP contribution is -2.40. The summed E-state index contributed by atoms with van der Waals surface area (Å²) in [6.07, 6.45) is 2.81. The van der Waals surface area contributed by atoms with Gasteiger partial charge in [0.1, 0.15) is 0 Å². The third-order valence-electron chi connectivity index (χ3n) is 3.95. The Hall–Kier alpha value is -1.10. The van der Waals surface area contributed by atoms with Gasteiger partial charge >= 0.3 is 5.97 Å². The number of carbonyl (C=O) groups is 2. The molecule has 5 nitrogen and oxygen atoms in total. The number of aliphatic carboxylic acids is 1. The van der Waals surface area contributed by atoms with Gasteiger partial charge in [0.25, 0.3) is 0 Å². The highest BCUT2D eigenvalue weighted by Gasteiger charge is 2.28. The lowest BCUT2D eigenvalue weighted by Gasteiger charge is -2.28. The fourth-order valence-corrected chi connectivity index (χ4v) is 2.29. The summed E-state index contributed by atoms with van der Waals surface area (Å²) in [5, 5.41) is 15.1. The van der Waals surface area contributed by atoms with Crippen LogP contribution in [-0.4, -0.2) is 36.6 Å². The number of carboxylic acids is 1. The lowest BCUT2D eigenvalue weighted by molar-refractivity contribution is -0.146. The molecular weight excluding hydrogens is 244 g/mol. The zero-order chi connectivity index (χ0) is 14.5.